The molecule has 1 aromatic carbocycles. The minimum Gasteiger partial charge on any atom is -0.299 e. The van der Waals surface area contributed by atoms with Crippen LogP contribution in [-0.2, 0) is 16.9 Å². The van der Waals surface area contributed by atoms with Gasteiger partial charge in [0.05, 0.1) is 11.6 Å². The van der Waals surface area contributed by atoms with E-state index in [4.69, 9.17) is 0 Å². The summed E-state index contributed by atoms with van der Waals surface area (Å²) in [7, 11) is 0. The number of carbonyl (C=O) groups is 1. The SMILES string of the molecule is N#C[C@@H]1C(=O)Nc2ncnn2C12CCN(Cc1ccccc1)CC2. The van der Waals surface area contributed by atoms with Crippen molar-refractivity contribution in [2.75, 3.05) is 18.4 Å². The topological polar surface area (TPSA) is 86.8 Å². The Bertz CT molecular complexity index is 785. The number of rotatable bonds is 2. The van der Waals surface area contributed by atoms with Crippen LogP contribution in [0.3, 0.4) is 0 Å². The number of likely N-dealkylation sites (tertiary alicyclic amines) is 1. The molecule has 1 fully saturated rings. The molecule has 4 rings (SSSR count). The molecule has 0 bridgehead atoms. The summed E-state index contributed by atoms with van der Waals surface area (Å²) in [4.78, 5) is 18.8. The van der Waals surface area contributed by atoms with Crippen LogP contribution in [0.15, 0.2) is 36.7 Å². The van der Waals surface area contributed by atoms with Gasteiger partial charge in [-0.25, -0.2) is 4.68 Å². The van der Waals surface area contributed by atoms with Crippen LogP contribution in [-0.4, -0.2) is 38.7 Å². The summed E-state index contributed by atoms with van der Waals surface area (Å²) in [6.07, 6.45) is 2.86. The van der Waals surface area contributed by atoms with Gasteiger partial charge in [-0.1, -0.05) is 30.3 Å². The second kappa shape index (κ2) is 5.73. The zero-order valence-corrected chi connectivity index (χ0v) is 13.2. The number of hydrogen-bond donors (Lipinski definition) is 1. The molecule has 24 heavy (non-hydrogen) atoms. The number of nitrogens with one attached hydrogen (secondary N) is 1. The van der Waals surface area contributed by atoms with Gasteiger partial charge in [0.15, 0.2) is 5.92 Å². The molecule has 1 spiro atoms. The predicted molar refractivity (Wildman–Crippen MR) is 86.7 cm³/mol. The molecule has 1 amide bonds. The highest BCUT2D eigenvalue weighted by atomic mass is 16.2. The van der Waals surface area contributed by atoms with Crippen molar-refractivity contribution in [2.45, 2.75) is 24.9 Å². The molecule has 7 heteroatoms. The van der Waals surface area contributed by atoms with Gasteiger partial charge in [0, 0.05) is 19.6 Å². The summed E-state index contributed by atoms with van der Waals surface area (Å²) in [5.74, 6) is -0.553. The van der Waals surface area contributed by atoms with Crippen LogP contribution in [0.25, 0.3) is 0 Å². The van der Waals surface area contributed by atoms with E-state index in [0.717, 1.165) is 19.6 Å². The first-order valence-electron chi connectivity index (χ1n) is 8.10. The maximum absolute atomic E-state index is 12.3. The van der Waals surface area contributed by atoms with E-state index in [2.05, 4.69) is 38.5 Å². The van der Waals surface area contributed by atoms with E-state index in [9.17, 15) is 10.1 Å². The molecular weight excluding hydrogens is 304 g/mol. The van der Waals surface area contributed by atoms with Crippen molar-refractivity contribution in [1.82, 2.24) is 19.7 Å². The normalized spacial score (nSPS) is 22.6. The Kier molecular flexibility index (Phi) is 3.54. The lowest BCUT2D eigenvalue weighted by Crippen LogP contribution is -2.56. The molecule has 2 aliphatic rings. The average Bonchev–Trinajstić information content (AvgIpc) is 3.07. The van der Waals surface area contributed by atoms with Crippen molar-refractivity contribution in [1.29, 1.82) is 5.26 Å². The molecule has 1 saturated heterocycles. The van der Waals surface area contributed by atoms with Crippen LogP contribution < -0.4 is 5.32 Å². The quantitative estimate of drug-likeness (QED) is 0.902. The van der Waals surface area contributed by atoms with Crippen LogP contribution >= 0.6 is 0 Å². The minimum absolute atomic E-state index is 0.269. The highest BCUT2D eigenvalue weighted by molar-refractivity contribution is 5.95. The largest absolute Gasteiger partial charge is 0.299 e. The Morgan fingerprint density at radius 1 is 1.29 bits per heavy atom. The van der Waals surface area contributed by atoms with Crippen LogP contribution in [0, 0.1) is 17.2 Å². The molecule has 122 valence electrons. The average molecular weight is 322 g/mol. The summed E-state index contributed by atoms with van der Waals surface area (Å²) < 4.78 is 1.75. The third kappa shape index (κ3) is 2.27. The Balaban J connectivity index is 1.57. The van der Waals surface area contributed by atoms with E-state index in [-0.39, 0.29) is 5.91 Å². The zero-order valence-electron chi connectivity index (χ0n) is 13.2. The molecule has 2 aromatic rings. The molecule has 0 aliphatic carbocycles. The molecule has 1 atom stereocenters. The third-order valence-corrected chi connectivity index (χ3v) is 5.10. The highest BCUT2D eigenvalue weighted by Gasteiger charge is 2.51. The van der Waals surface area contributed by atoms with Gasteiger partial charge in [0.2, 0.25) is 11.9 Å². The van der Waals surface area contributed by atoms with Gasteiger partial charge in [0.1, 0.15) is 6.33 Å². The van der Waals surface area contributed by atoms with E-state index < -0.39 is 11.5 Å². The number of carbonyl (C=O) groups excluding carboxylic acids is 1. The number of hydrogen-bond acceptors (Lipinski definition) is 5. The van der Waals surface area contributed by atoms with Crippen molar-refractivity contribution in [2.24, 2.45) is 5.92 Å². The lowest BCUT2D eigenvalue weighted by Gasteiger charge is -2.45. The minimum atomic E-state index is -0.731. The Morgan fingerprint density at radius 2 is 2.04 bits per heavy atom. The van der Waals surface area contributed by atoms with Crippen LogP contribution in [0.2, 0.25) is 0 Å². The molecule has 0 saturated carbocycles. The van der Waals surface area contributed by atoms with Crippen molar-refractivity contribution in [3.63, 3.8) is 0 Å². The molecule has 0 unspecified atom stereocenters. The van der Waals surface area contributed by atoms with Crippen LogP contribution in [0.4, 0.5) is 5.95 Å². The van der Waals surface area contributed by atoms with Gasteiger partial charge in [-0.05, 0) is 18.4 Å². The predicted octanol–water partition coefficient (Wildman–Crippen LogP) is 1.36. The van der Waals surface area contributed by atoms with Crippen molar-refractivity contribution < 1.29 is 4.79 Å². The van der Waals surface area contributed by atoms with Crippen LogP contribution in [0.1, 0.15) is 18.4 Å². The van der Waals surface area contributed by atoms with Crippen molar-refractivity contribution in [3.8, 4) is 6.07 Å². The molecule has 2 aliphatic heterocycles. The fourth-order valence-electron chi connectivity index (χ4n) is 3.82. The van der Waals surface area contributed by atoms with Crippen molar-refractivity contribution in [3.05, 3.63) is 42.2 Å². The summed E-state index contributed by atoms with van der Waals surface area (Å²) in [6.45, 7) is 2.52. The van der Waals surface area contributed by atoms with E-state index in [0.29, 0.717) is 18.8 Å². The Labute approximate surface area is 139 Å². The van der Waals surface area contributed by atoms with Gasteiger partial charge < -0.3 is 0 Å². The first-order chi connectivity index (χ1) is 11.7. The molecule has 1 N–H and O–H groups in total. The number of aromatic nitrogens is 3. The summed E-state index contributed by atoms with van der Waals surface area (Å²) in [6, 6.07) is 12.5. The van der Waals surface area contributed by atoms with E-state index in [1.807, 2.05) is 18.2 Å². The summed E-state index contributed by atoms with van der Waals surface area (Å²) in [5.41, 5.74) is 0.684. The van der Waals surface area contributed by atoms with E-state index in [1.54, 1.807) is 4.68 Å². The van der Waals surface area contributed by atoms with Gasteiger partial charge in [-0.3, -0.25) is 15.0 Å². The lowest BCUT2D eigenvalue weighted by molar-refractivity contribution is -0.124. The molecular formula is C17H18N6O. The van der Waals surface area contributed by atoms with Gasteiger partial charge in [-0.15, -0.1) is 0 Å². The Hall–Kier alpha value is -2.72. The second-order valence-corrected chi connectivity index (χ2v) is 6.41. The van der Waals surface area contributed by atoms with Gasteiger partial charge >= 0.3 is 0 Å². The number of nitriles is 1. The number of piperidine rings is 1. The molecule has 3 heterocycles. The van der Waals surface area contributed by atoms with E-state index in [1.165, 1.54) is 11.9 Å². The standard InChI is InChI=1S/C17H18N6O/c18-10-14-15(24)21-16-19-12-20-23(16)17(14)6-8-22(9-7-17)11-13-4-2-1-3-5-13/h1-5,12,14H,6-9,11H2,(H,19,20,21,24)/t14-/m1/s1. The van der Waals surface area contributed by atoms with Gasteiger partial charge in [0.25, 0.3) is 0 Å². The molecule has 7 nitrogen and oxygen atoms in total. The maximum atomic E-state index is 12.3. The molecule has 0 radical (unpaired) electrons. The summed E-state index contributed by atoms with van der Waals surface area (Å²) in [5, 5.41) is 16.5. The number of anilines is 1. The zero-order chi connectivity index (χ0) is 16.6. The highest BCUT2D eigenvalue weighted by Crippen LogP contribution is 2.41. The fourth-order valence-corrected chi connectivity index (χ4v) is 3.82. The number of benzene rings is 1. The van der Waals surface area contributed by atoms with Crippen LogP contribution in [0.5, 0.6) is 0 Å². The first-order valence-corrected chi connectivity index (χ1v) is 8.10. The third-order valence-electron chi connectivity index (χ3n) is 5.10. The smallest absolute Gasteiger partial charge is 0.246 e. The van der Waals surface area contributed by atoms with Gasteiger partial charge in [-0.2, -0.15) is 15.3 Å². The summed E-state index contributed by atoms with van der Waals surface area (Å²) >= 11 is 0. The lowest BCUT2D eigenvalue weighted by atomic mass is 9.75. The monoisotopic (exact) mass is 322 g/mol. The number of amides is 1. The number of nitrogens with zero attached hydrogens (tertiary/aromatic N) is 5. The maximum Gasteiger partial charge on any atom is 0.246 e. The first kappa shape index (κ1) is 14.8. The second-order valence-electron chi connectivity index (χ2n) is 6.41. The molecule has 1 aromatic heterocycles. The fraction of sp³-hybridized carbons (Fsp3) is 0.412. The Morgan fingerprint density at radius 3 is 2.75 bits per heavy atom. The van der Waals surface area contributed by atoms with Crippen molar-refractivity contribution >= 4 is 11.9 Å². The van der Waals surface area contributed by atoms with E-state index >= 15 is 0 Å². The number of fused-ring (bicyclic) bond motifs is 2.